The van der Waals surface area contributed by atoms with Crippen LogP contribution in [0.4, 0.5) is 15.9 Å². The topological polar surface area (TPSA) is 69.1 Å². The van der Waals surface area contributed by atoms with Gasteiger partial charge in [0.25, 0.3) is 5.91 Å². The van der Waals surface area contributed by atoms with Crippen LogP contribution in [0.3, 0.4) is 0 Å². The number of aromatic nitrogens is 1. The summed E-state index contributed by atoms with van der Waals surface area (Å²) in [5.41, 5.74) is 2.67. The number of benzene rings is 2. The van der Waals surface area contributed by atoms with Crippen LogP contribution in [0.5, 0.6) is 5.75 Å². The van der Waals surface area contributed by atoms with Gasteiger partial charge >= 0.3 is 0 Å². The third kappa shape index (κ3) is 4.86. The maximum absolute atomic E-state index is 14.4. The Bertz CT molecular complexity index is 1230. The predicted molar refractivity (Wildman–Crippen MR) is 138 cm³/mol. The van der Waals surface area contributed by atoms with Gasteiger partial charge in [-0.1, -0.05) is 24.3 Å². The molecule has 3 heterocycles. The summed E-state index contributed by atoms with van der Waals surface area (Å²) in [5, 5.41) is 10.1. The number of pyridine rings is 1. The van der Waals surface area contributed by atoms with Crippen molar-refractivity contribution in [1.82, 2.24) is 9.88 Å². The lowest BCUT2D eigenvalue weighted by atomic mass is 10.0. The molecular weight excluding hydrogens is 459 g/mol. The van der Waals surface area contributed by atoms with Gasteiger partial charge in [0, 0.05) is 44.8 Å². The highest BCUT2D eigenvalue weighted by Crippen LogP contribution is 2.32. The smallest absolute Gasteiger partial charge is 0.257 e. The van der Waals surface area contributed by atoms with E-state index in [1.807, 2.05) is 47.4 Å². The molecule has 0 saturated carbocycles. The van der Waals surface area contributed by atoms with Crippen LogP contribution in [0, 0.1) is 5.82 Å². The number of methoxy groups -OCH3 is 1. The zero-order valence-electron chi connectivity index (χ0n) is 20.4. The number of para-hydroxylation sites is 2. The number of aliphatic hydroxyl groups is 1. The Morgan fingerprint density at radius 1 is 0.972 bits per heavy atom. The molecule has 0 spiro atoms. The fourth-order valence-electron chi connectivity index (χ4n) is 5.04. The number of carbonyl (C=O) groups excluding carboxylic acids is 1. The van der Waals surface area contributed by atoms with E-state index in [1.165, 1.54) is 6.07 Å². The average molecular weight is 491 g/mol. The fraction of sp³-hybridized carbons (Fsp3) is 0.357. The van der Waals surface area contributed by atoms with Crippen molar-refractivity contribution in [3.63, 3.8) is 0 Å². The number of hydrogen-bond acceptors (Lipinski definition) is 6. The molecule has 3 aromatic rings. The SMILES string of the molecule is COc1ccccc1-c1ccc(C(=O)N2CCC[C@@H](O)C2)c(N2CCN(c3ccccc3F)CC2)n1. The zero-order chi connectivity index (χ0) is 25.1. The molecule has 188 valence electrons. The molecule has 0 bridgehead atoms. The Morgan fingerprint density at radius 3 is 2.44 bits per heavy atom. The largest absolute Gasteiger partial charge is 0.496 e. The number of amides is 1. The first kappa shape index (κ1) is 24.1. The third-order valence-electron chi connectivity index (χ3n) is 6.94. The van der Waals surface area contributed by atoms with Gasteiger partial charge in [-0.25, -0.2) is 9.37 Å². The van der Waals surface area contributed by atoms with Crippen molar-refractivity contribution in [2.75, 3.05) is 56.2 Å². The van der Waals surface area contributed by atoms with Crippen LogP contribution in [-0.4, -0.2) is 73.4 Å². The van der Waals surface area contributed by atoms with Crippen LogP contribution in [0.15, 0.2) is 60.7 Å². The molecule has 7 nitrogen and oxygen atoms in total. The van der Waals surface area contributed by atoms with Crippen molar-refractivity contribution in [1.29, 1.82) is 0 Å². The average Bonchev–Trinajstić information content (AvgIpc) is 2.93. The van der Waals surface area contributed by atoms with Gasteiger partial charge in [0.15, 0.2) is 0 Å². The number of β-amino-alcohol motifs (C(OH)–C–C–N with tert-alkyl or cyclic N) is 1. The van der Waals surface area contributed by atoms with Gasteiger partial charge in [0.05, 0.1) is 30.2 Å². The number of piperidine rings is 1. The fourth-order valence-corrected chi connectivity index (χ4v) is 5.04. The van der Waals surface area contributed by atoms with Gasteiger partial charge in [0.1, 0.15) is 17.4 Å². The number of carbonyl (C=O) groups is 1. The van der Waals surface area contributed by atoms with Crippen molar-refractivity contribution >= 4 is 17.4 Å². The second-order valence-electron chi connectivity index (χ2n) is 9.24. The highest BCUT2D eigenvalue weighted by molar-refractivity contribution is 5.99. The van der Waals surface area contributed by atoms with Gasteiger partial charge < -0.3 is 24.5 Å². The highest BCUT2D eigenvalue weighted by atomic mass is 19.1. The number of piperazine rings is 1. The minimum absolute atomic E-state index is 0.126. The molecule has 0 aliphatic carbocycles. The van der Waals surface area contributed by atoms with Gasteiger partial charge in [-0.05, 0) is 49.2 Å². The van der Waals surface area contributed by atoms with E-state index in [1.54, 1.807) is 24.1 Å². The van der Waals surface area contributed by atoms with Crippen molar-refractivity contribution in [2.24, 2.45) is 0 Å². The Hall–Kier alpha value is -3.65. The minimum atomic E-state index is -0.503. The maximum Gasteiger partial charge on any atom is 0.257 e. The van der Waals surface area contributed by atoms with Crippen LogP contribution in [0.25, 0.3) is 11.3 Å². The summed E-state index contributed by atoms with van der Waals surface area (Å²) < 4.78 is 19.9. The number of anilines is 2. The Morgan fingerprint density at radius 2 is 1.69 bits per heavy atom. The molecule has 1 N–H and O–H groups in total. The Labute approximate surface area is 210 Å². The number of halogens is 1. The molecule has 8 heteroatoms. The summed E-state index contributed by atoms with van der Waals surface area (Å²) in [5.74, 6) is 0.955. The van der Waals surface area contributed by atoms with Gasteiger partial charge in [-0.3, -0.25) is 4.79 Å². The minimum Gasteiger partial charge on any atom is -0.496 e. The van der Waals surface area contributed by atoms with E-state index in [0.29, 0.717) is 74.2 Å². The molecule has 5 rings (SSSR count). The van der Waals surface area contributed by atoms with Crippen molar-refractivity contribution < 1.29 is 19.0 Å². The lowest BCUT2D eigenvalue weighted by molar-refractivity contribution is 0.0474. The Balaban J connectivity index is 1.47. The van der Waals surface area contributed by atoms with Crippen molar-refractivity contribution in [3.8, 4) is 17.0 Å². The van der Waals surface area contributed by atoms with Gasteiger partial charge in [-0.2, -0.15) is 0 Å². The number of nitrogens with zero attached hydrogens (tertiary/aromatic N) is 4. The molecule has 2 aromatic carbocycles. The molecule has 2 fully saturated rings. The Kier molecular flexibility index (Phi) is 7.04. The van der Waals surface area contributed by atoms with Crippen molar-refractivity contribution in [3.05, 3.63) is 72.0 Å². The van der Waals surface area contributed by atoms with Crippen LogP contribution >= 0.6 is 0 Å². The normalized spacial score (nSPS) is 18.3. The van der Waals surface area contributed by atoms with E-state index in [2.05, 4.69) is 4.90 Å². The molecule has 36 heavy (non-hydrogen) atoms. The van der Waals surface area contributed by atoms with Crippen LogP contribution < -0.4 is 14.5 Å². The van der Waals surface area contributed by atoms with E-state index in [-0.39, 0.29) is 11.7 Å². The van der Waals surface area contributed by atoms with E-state index in [9.17, 15) is 14.3 Å². The number of likely N-dealkylation sites (tertiary alicyclic amines) is 1. The standard InChI is InChI=1S/C28H31FN4O3/c1-36-26-11-5-2-8-21(26)24-13-12-22(28(35)33-14-6-7-20(34)19-33)27(30-24)32-17-15-31(16-18-32)25-10-4-3-9-23(25)29/h2-5,8-13,20,34H,6-7,14-19H2,1H3/t20-/m1/s1. The lowest BCUT2D eigenvalue weighted by Gasteiger charge is -2.38. The van der Waals surface area contributed by atoms with E-state index >= 15 is 0 Å². The van der Waals surface area contributed by atoms with E-state index < -0.39 is 6.10 Å². The number of aliphatic hydroxyl groups excluding tert-OH is 1. The molecule has 2 aliphatic heterocycles. The predicted octanol–water partition coefficient (Wildman–Crippen LogP) is 3.82. The quantitative estimate of drug-likeness (QED) is 0.587. The summed E-state index contributed by atoms with van der Waals surface area (Å²) >= 11 is 0. The van der Waals surface area contributed by atoms with Crippen LogP contribution in [0.1, 0.15) is 23.2 Å². The van der Waals surface area contributed by atoms with Crippen LogP contribution in [-0.2, 0) is 0 Å². The summed E-state index contributed by atoms with van der Waals surface area (Å²) in [6.07, 6.45) is 0.979. The number of hydrogen-bond donors (Lipinski definition) is 1. The van der Waals surface area contributed by atoms with Gasteiger partial charge in [0.2, 0.25) is 0 Å². The first-order valence-electron chi connectivity index (χ1n) is 12.4. The molecule has 0 radical (unpaired) electrons. The molecule has 0 unspecified atom stereocenters. The molecule has 1 atom stereocenters. The molecule has 1 amide bonds. The first-order valence-corrected chi connectivity index (χ1v) is 12.4. The lowest BCUT2D eigenvalue weighted by Crippen LogP contribution is -2.48. The number of ether oxygens (including phenoxy) is 1. The third-order valence-corrected chi connectivity index (χ3v) is 6.94. The molecular formula is C28H31FN4O3. The highest BCUT2D eigenvalue weighted by Gasteiger charge is 2.29. The summed E-state index contributed by atoms with van der Waals surface area (Å²) in [4.78, 5) is 24.4. The van der Waals surface area contributed by atoms with Crippen LogP contribution in [0.2, 0.25) is 0 Å². The summed E-state index contributed by atoms with van der Waals surface area (Å²) in [7, 11) is 1.63. The molecule has 2 saturated heterocycles. The molecule has 1 aromatic heterocycles. The second-order valence-corrected chi connectivity index (χ2v) is 9.24. The summed E-state index contributed by atoms with van der Waals surface area (Å²) in [6, 6.07) is 18.2. The van der Waals surface area contributed by atoms with E-state index in [4.69, 9.17) is 9.72 Å². The second kappa shape index (κ2) is 10.5. The maximum atomic E-state index is 14.4. The van der Waals surface area contributed by atoms with Gasteiger partial charge in [-0.15, -0.1) is 0 Å². The monoisotopic (exact) mass is 490 g/mol. The summed E-state index contributed by atoms with van der Waals surface area (Å²) in [6.45, 7) is 3.35. The van der Waals surface area contributed by atoms with Crippen molar-refractivity contribution in [2.45, 2.75) is 18.9 Å². The molecule has 2 aliphatic rings. The first-order chi connectivity index (χ1) is 17.5. The zero-order valence-corrected chi connectivity index (χ0v) is 20.4. The van der Waals surface area contributed by atoms with E-state index in [0.717, 1.165) is 12.0 Å². The number of rotatable bonds is 5.